The van der Waals surface area contributed by atoms with Crippen molar-refractivity contribution >= 4 is 15.7 Å². The Bertz CT molecular complexity index is 259. The third-order valence-electron chi connectivity index (χ3n) is 1.54. The lowest BCUT2D eigenvalue weighted by Gasteiger charge is -2.05. The van der Waals surface area contributed by atoms with E-state index in [9.17, 15) is 13.2 Å². The molecule has 5 nitrogen and oxygen atoms in total. The van der Waals surface area contributed by atoms with Crippen LogP contribution in [0.25, 0.3) is 0 Å². The second kappa shape index (κ2) is 5.18. The quantitative estimate of drug-likeness (QED) is 0.585. The zero-order chi connectivity index (χ0) is 10.5. The summed E-state index contributed by atoms with van der Waals surface area (Å²) in [6.07, 6.45) is 0.308. The topological polar surface area (TPSA) is 103 Å². The van der Waals surface area contributed by atoms with Crippen molar-refractivity contribution in [2.45, 2.75) is 25.8 Å². The van der Waals surface area contributed by atoms with Crippen LogP contribution in [0.4, 0.5) is 0 Å². The van der Waals surface area contributed by atoms with E-state index in [2.05, 4.69) is 0 Å². The fourth-order valence-corrected chi connectivity index (χ4v) is 2.17. The van der Waals surface area contributed by atoms with E-state index in [1.807, 2.05) is 0 Å². The molecule has 4 N–H and O–H groups in total. The second-order valence-corrected chi connectivity index (χ2v) is 5.44. The van der Waals surface area contributed by atoms with Gasteiger partial charge in [-0.1, -0.05) is 0 Å². The van der Waals surface area contributed by atoms with Crippen molar-refractivity contribution in [1.82, 2.24) is 0 Å². The molecule has 0 bridgehead atoms. The van der Waals surface area contributed by atoms with E-state index in [0.29, 0.717) is 6.42 Å². The Morgan fingerprint density at radius 2 is 1.92 bits per heavy atom. The molecule has 78 valence electrons. The van der Waals surface area contributed by atoms with Crippen LogP contribution in [0.15, 0.2) is 0 Å². The highest BCUT2D eigenvalue weighted by Crippen LogP contribution is 1.98. The van der Waals surface area contributed by atoms with Gasteiger partial charge < -0.3 is 11.5 Å². The maximum Gasteiger partial charge on any atom is 0.218 e. The average molecular weight is 208 g/mol. The number of carbonyl (C=O) groups excluding carboxylic acids is 1. The van der Waals surface area contributed by atoms with Gasteiger partial charge in [-0.05, 0) is 13.3 Å². The van der Waals surface area contributed by atoms with Gasteiger partial charge in [0.25, 0.3) is 0 Å². The van der Waals surface area contributed by atoms with Gasteiger partial charge in [0, 0.05) is 12.5 Å². The van der Waals surface area contributed by atoms with Crippen LogP contribution >= 0.6 is 0 Å². The molecule has 0 saturated heterocycles. The minimum atomic E-state index is -3.15. The maximum atomic E-state index is 11.2. The largest absolute Gasteiger partial charge is 0.370 e. The highest BCUT2D eigenvalue weighted by molar-refractivity contribution is 7.91. The van der Waals surface area contributed by atoms with E-state index in [4.69, 9.17) is 11.5 Å². The molecule has 0 heterocycles. The SMILES string of the molecule is CC(N)CCS(=O)(=O)CCC(N)=O. The van der Waals surface area contributed by atoms with Crippen LogP contribution < -0.4 is 11.5 Å². The van der Waals surface area contributed by atoms with Gasteiger partial charge in [0.2, 0.25) is 5.91 Å². The Balaban J connectivity index is 3.88. The third-order valence-corrected chi connectivity index (χ3v) is 3.23. The van der Waals surface area contributed by atoms with Crippen LogP contribution in [-0.2, 0) is 14.6 Å². The minimum Gasteiger partial charge on any atom is -0.370 e. The number of sulfone groups is 1. The van der Waals surface area contributed by atoms with E-state index in [0.717, 1.165) is 0 Å². The molecule has 0 saturated carbocycles. The number of rotatable bonds is 6. The van der Waals surface area contributed by atoms with E-state index in [1.54, 1.807) is 6.92 Å². The van der Waals surface area contributed by atoms with E-state index >= 15 is 0 Å². The molecule has 1 amide bonds. The van der Waals surface area contributed by atoms with Crippen molar-refractivity contribution in [2.75, 3.05) is 11.5 Å². The molecule has 0 fully saturated rings. The lowest BCUT2D eigenvalue weighted by molar-refractivity contribution is -0.117. The van der Waals surface area contributed by atoms with Crippen molar-refractivity contribution in [1.29, 1.82) is 0 Å². The summed E-state index contributed by atoms with van der Waals surface area (Å²) in [7, 11) is -3.15. The van der Waals surface area contributed by atoms with Gasteiger partial charge >= 0.3 is 0 Å². The smallest absolute Gasteiger partial charge is 0.218 e. The molecule has 0 aromatic heterocycles. The number of nitrogens with two attached hydrogens (primary N) is 2. The summed E-state index contributed by atoms with van der Waals surface area (Å²) in [4.78, 5) is 10.3. The summed E-state index contributed by atoms with van der Waals surface area (Å²) >= 11 is 0. The van der Waals surface area contributed by atoms with Gasteiger partial charge in [-0.2, -0.15) is 0 Å². The molecule has 1 atom stereocenters. The molecule has 0 aromatic rings. The lowest BCUT2D eigenvalue weighted by Crippen LogP contribution is -2.23. The number of amides is 1. The first kappa shape index (κ1) is 12.4. The Hall–Kier alpha value is -0.620. The van der Waals surface area contributed by atoms with Crippen molar-refractivity contribution in [3.05, 3.63) is 0 Å². The fourth-order valence-electron chi connectivity index (χ4n) is 0.724. The van der Waals surface area contributed by atoms with E-state index in [-0.39, 0.29) is 24.0 Å². The third kappa shape index (κ3) is 7.73. The molecule has 0 radical (unpaired) electrons. The van der Waals surface area contributed by atoms with Crippen LogP contribution in [0.5, 0.6) is 0 Å². The van der Waals surface area contributed by atoms with E-state index in [1.165, 1.54) is 0 Å². The van der Waals surface area contributed by atoms with Crippen LogP contribution in [-0.4, -0.2) is 31.9 Å². The molecule has 0 spiro atoms. The molecule has 6 heteroatoms. The highest BCUT2D eigenvalue weighted by atomic mass is 32.2. The van der Waals surface area contributed by atoms with Gasteiger partial charge in [0.05, 0.1) is 11.5 Å². The predicted octanol–water partition coefficient (Wildman–Crippen LogP) is -0.986. The lowest BCUT2D eigenvalue weighted by atomic mass is 10.3. The van der Waals surface area contributed by atoms with Crippen LogP contribution in [0, 0.1) is 0 Å². The average Bonchev–Trinajstić information content (AvgIpc) is 1.98. The number of hydrogen-bond acceptors (Lipinski definition) is 4. The van der Waals surface area contributed by atoms with E-state index < -0.39 is 15.7 Å². The zero-order valence-corrected chi connectivity index (χ0v) is 8.51. The summed E-state index contributed by atoms with van der Waals surface area (Å²) in [5, 5.41) is 0. The maximum absolute atomic E-state index is 11.2. The highest BCUT2D eigenvalue weighted by Gasteiger charge is 2.12. The first-order valence-electron chi connectivity index (χ1n) is 4.08. The molecule has 13 heavy (non-hydrogen) atoms. The predicted molar refractivity (Wildman–Crippen MR) is 50.7 cm³/mol. The number of hydrogen-bond donors (Lipinski definition) is 2. The number of carbonyl (C=O) groups is 1. The Kier molecular flexibility index (Phi) is 4.94. The standard InChI is InChI=1S/C7H16N2O3S/c1-6(8)2-4-13(11,12)5-3-7(9)10/h6H,2-5,8H2,1H3,(H2,9,10). The van der Waals surface area contributed by atoms with Gasteiger partial charge in [-0.3, -0.25) is 4.79 Å². The van der Waals surface area contributed by atoms with Gasteiger partial charge in [0.15, 0.2) is 9.84 Å². The summed E-state index contributed by atoms with van der Waals surface area (Å²) < 4.78 is 22.4. The molecule has 0 rings (SSSR count). The summed E-state index contributed by atoms with van der Waals surface area (Å²) in [6, 6.07) is -0.136. The molecule has 1 unspecified atom stereocenters. The fraction of sp³-hybridized carbons (Fsp3) is 0.857. The second-order valence-electron chi connectivity index (χ2n) is 3.13. The van der Waals surface area contributed by atoms with Crippen LogP contribution in [0.3, 0.4) is 0 Å². The molecule has 0 aromatic carbocycles. The Morgan fingerprint density at radius 1 is 1.38 bits per heavy atom. The summed E-state index contributed by atoms with van der Waals surface area (Å²) in [6.45, 7) is 1.74. The minimum absolute atomic E-state index is 0.0257. The Morgan fingerprint density at radius 3 is 2.31 bits per heavy atom. The summed E-state index contributed by atoms with van der Waals surface area (Å²) in [5.41, 5.74) is 10.2. The first-order chi connectivity index (χ1) is 5.83. The molecule has 0 aliphatic rings. The normalized spacial score (nSPS) is 14.0. The van der Waals surface area contributed by atoms with Gasteiger partial charge in [0.1, 0.15) is 0 Å². The van der Waals surface area contributed by atoms with Crippen molar-refractivity contribution in [3.8, 4) is 0 Å². The Labute approximate surface area is 78.4 Å². The molecule has 0 aliphatic carbocycles. The van der Waals surface area contributed by atoms with Crippen LogP contribution in [0.1, 0.15) is 19.8 Å². The van der Waals surface area contributed by atoms with Gasteiger partial charge in [-0.15, -0.1) is 0 Å². The summed E-state index contributed by atoms with van der Waals surface area (Å²) in [5.74, 6) is -0.739. The van der Waals surface area contributed by atoms with Crippen molar-refractivity contribution < 1.29 is 13.2 Å². The van der Waals surface area contributed by atoms with Crippen molar-refractivity contribution in [3.63, 3.8) is 0 Å². The zero-order valence-electron chi connectivity index (χ0n) is 7.69. The monoisotopic (exact) mass is 208 g/mol. The van der Waals surface area contributed by atoms with Crippen molar-refractivity contribution in [2.24, 2.45) is 11.5 Å². The number of primary amides is 1. The molecule has 0 aliphatic heterocycles. The van der Waals surface area contributed by atoms with Gasteiger partial charge in [-0.25, -0.2) is 8.42 Å². The van der Waals surface area contributed by atoms with Crippen LogP contribution in [0.2, 0.25) is 0 Å². The first-order valence-corrected chi connectivity index (χ1v) is 5.90. The molecular weight excluding hydrogens is 192 g/mol. The molecular formula is C7H16N2O3S.